The first-order chi connectivity index (χ1) is 9.73. The number of fused-ring (bicyclic) bond motifs is 1. The summed E-state index contributed by atoms with van der Waals surface area (Å²) >= 11 is 0. The van der Waals surface area contributed by atoms with Crippen LogP contribution in [0.5, 0.6) is 0 Å². The van der Waals surface area contributed by atoms with Crippen LogP contribution < -0.4 is 0 Å². The maximum Gasteiger partial charge on any atom is 0.314 e. The summed E-state index contributed by atoms with van der Waals surface area (Å²) in [7, 11) is 1.71. The summed E-state index contributed by atoms with van der Waals surface area (Å²) in [5, 5.41) is 11.0. The van der Waals surface area contributed by atoms with Crippen molar-refractivity contribution in [3.63, 3.8) is 0 Å². The average Bonchev–Trinajstić information content (AvgIpc) is 2.94. The number of aliphatic hydroxyl groups excluding tert-OH is 1. The third kappa shape index (κ3) is 1.60. The third-order valence-corrected chi connectivity index (χ3v) is 6.48. The molecule has 4 aliphatic rings. The van der Waals surface area contributed by atoms with E-state index in [9.17, 15) is 9.90 Å². The number of rotatable bonds is 1. The van der Waals surface area contributed by atoms with Gasteiger partial charge in [-0.15, -0.1) is 0 Å². The average molecular weight is 296 g/mol. The van der Waals surface area contributed by atoms with E-state index in [1.54, 1.807) is 7.11 Å². The number of esters is 1. The Kier molecular flexibility index (Phi) is 2.54. The molecular formula is C16H24O5. The molecule has 2 aliphatic carbocycles. The van der Waals surface area contributed by atoms with Crippen molar-refractivity contribution in [2.75, 3.05) is 7.11 Å². The van der Waals surface area contributed by atoms with E-state index in [4.69, 9.17) is 14.2 Å². The normalized spacial score (nSPS) is 57.0. The summed E-state index contributed by atoms with van der Waals surface area (Å²) in [4.78, 5) is 12.1. The van der Waals surface area contributed by atoms with Crippen molar-refractivity contribution in [1.82, 2.24) is 0 Å². The molecule has 4 rings (SSSR count). The van der Waals surface area contributed by atoms with Gasteiger partial charge in [0, 0.05) is 7.11 Å². The number of carbonyl (C=O) groups is 1. The fraction of sp³-hybridized carbons (Fsp3) is 0.938. The van der Waals surface area contributed by atoms with Gasteiger partial charge in [0.2, 0.25) is 6.29 Å². The molecule has 2 saturated heterocycles. The van der Waals surface area contributed by atoms with Gasteiger partial charge in [-0.3, -0.25) is 4.79 Å². The SMILES string of the molecule is COC1(C)CC2C(=O)OC3OC32C(O)C2CC(C)(C)CC21. The largest absolute Gasteiger partial charge is 0.432 e. The molecule has 2 heterocycles. The monoisotopic (exact) mass is 296 g/mol. The number of hydrogen-bond donors (Lipinski definition) is 1. The first-order valence-corrected chi connectivity index (χ1v) is 7.85. The molecule has 21 heavy (non-hydrogen) atoms. The van der Waals surface area contributed by atoms with E-state index in [2.05, 4.69) is 20.8 Å². The molecular weight excluding hydrogens is 272 g/mol. The Morgan fingerprint density at radius 2 is 1.95 bits per heavy atom. The van der Waals surface area contributed by atoms with Gasteiger partial charge in [-0.25, -0.2) is 0 Å². The minimum atomic E-state index is -0.809. The van der Waals surface area contributed by atoms with Gasteiger partial charge < -0.3 is 19.3 Å². The minimum absolute atomic E-state index is 0.0921. The fourth-order valence-corrected chi connectivity index (χ4v) is 5.28. The lowest BCUT2D eigenvalue weighted by molar-refractivity contribution is -0.156. The first-order valence-electron chi connectivity index (χ1n) is 7.85. The van der Waals surface area contributed by atoms with Crippen LogP contribution in [-0.4, -0.2) is 41.8 Å². The van der Waals surface area contributed by atoms with Crippen molar-refractivity contribution in [2.24, 2.45) is 23.2 Å². The molecule has 118 valence electrons. The highest BCUT2D eigenvalue weighted by atomic mass is 16.8. The highest BCUT2D eigenvalue weighted by molar-refractivity contribution is 5.79. The van der Waals surface area contributed by atoms with E-state index in [1.165, 1.54) is 0 Å². The summed E-state index contributed by atoms with van der Waals surface area (Å²) in [5.41, 5.74) is -1.06. The van der Waals surface area contributed by atoms with E-state index >= 15 is 0 Å². The van der Waals surface area contributed by atoms with Crippen LogP contribution in [0.1, 0.15) is 40.0 Å². The van der Waals surface area contributed by atoms with Gasteiger partial charge in [-0.05, 0) is 43.4 Å². The zero-order valence-corrected chi connectivity index (χ0v) is 13.1. The Labute approximate surface area is 124 Å². The Morgan fingerprint density at radius 3 is 2.62 bits per heavy atom. The van der Waals surface area contributed by atoms with Gasteiger partial charge >= 0.3 is 5.97 Å². The van der Waals surface area contributed by atoms with Crippen LogP contribution in [0.15, 0.2) is 0 Å². The van der Waals surface area contributed by atoms with Gasteiger partial charge in [0.1, 0.15) is 0 Å². The van der Waals surface area contributed by atoms with Crippen LogP contribution in [0.3, 0.4) is 0 Å². The Bertz CT molecular complexity index is 503. The van der Waals surface area contributed by atoms with Crippen LogP contribution in [-0.2, 0) is 19.0 Å². The van der Waals surface area contributed by atoms with E-state index in [1.807, 2.05) is 0 Å². The molecule has 7 unspecified atom stereocenters. The van der Waals surface area contributed by atoms with Gasteiger partial charge in [0.25, 0.3) is 0 Å². The molecule has 0 bridgehead atoms. The van der Waals surface area contributed by atoms with Crippen molar-refractivity contribution in [3.05, 3.63) is 0 Å². The maximum atomic E-state index is 12.1. The second-order valence-corrected chi connectivity index (χ2v) is 8.30. The predicted molar refractivity (Wildman–Crippen MR) is 73.2 cm³/mol. The molecule has 0 aromatic rings. The summed E-state index contributed by atoms with van der Waals surface area (Å²) in [6.07, 6.45) is 1.29. The van der Waals surface area contributed by atoms with Crippen molar-refractivity contribution >= 4 is 5.97 Å². The number of hydrogen-bond acceptors (Lipinski definition) is 5. The fourth-order valence-electron chi connectivity index (χ4n) is 5.28. The second-order valence-electron chi connectivity index (χ2n) is 8.30. The summed E-state index contributed by atoms with van der Waals surface area (Å²) in [6, 6.07) is 0. The Hall–Kier alpha value is -0.650. The first kappa shape index (κ1) is 14.0. The van der Waals surface area contributed by atoms with E-state index in [0.29, 0.717) is 6.42 Å². The smallest absolute Gasteiger partial charge is 0.314 e. The van der Waals surface area contributed by atoms with Gasteiger partial charge in [0.05, 0.1) is 17.6 Å². The van der Waals surface area contributed by atoms with Crippen molar-refractivity contribution in [3.8, 4) is 0 Å². The Balaban J connectivity index is 1.79. The minimum Gasteiger partial charge on any atom is -0.432 e. The number of aliphatic hydroxyl groups is 1. The van der Waals surface area contributed by atoms with Crippen LogP contribution in [0.2, 0.25) is 0 Å². The number of epoxide rings is 1. The predicted octanol–water partition coefficient (Wildman–Crippen LogP) is 1.48. The zero-order chi connectivity index (χ0) is 15.2. The van der Waals surface area contributed by atoms with Crippen LogP contribution in [0.4, 0.5) is 0 Å². The lowest BCUT2D eigenvalue weighted by Gasteiger charge is -2.37. The molecule has 1 spiro atoms. The lowest BCUT2D eigenvalue weighted by Crippen LogP contribution is -2.42. The molecule has 1 N–H and O–H groups in total. The molecule has 0 aromatic heterocycles. The molecule has 2 saturated carbocycles. The molecule has 0 aromatic carbocycles. The van der Waals surface area contributed by atoms with E-state index in [-0.39, 0.29) is 23.2 Å². The van der Waals surface area contributed by atoms with E-state index < -0.39 is 29.5 Å². The zero-order valence-electron chi connectivity index (χ0n) is 13.1. The van der Waals surface area contributed by atoms with Crippen molar-refractivity contribution < 1.29 is 24.1 Å². The van der Waals surface area contributed by atoms with Gasteiger partial charge in [-0.1, -0.05) is 13.8 Å². The molecule has 5 heteroatoms. The van der Waals surface area contributed by atoms with Crippen molar-refractivity contribution in [1.29, 1.82) is 0 Å². The molecule has 0 amide bonds. The quantitative estimate of drug-likeness (QED) is 0.586. The van der Waals surface area contributed by atoms with Crippen LogP contribution >= 0.6 is 0 Å². The summed E-state index contributed by atoms with van der Waals surface area (Å²) < 4.78 is 16.8. The van der Waals surface area contributed by atoms with Crippen LogP contribution in [0, 0.1) is 23.2 Å². The van der Waals surface area contributed by atoms with E-state index in [0.717, 1.165) is 12.8 Å². The number of carbonyl (C=O) groups excluding carboxylic acids is 1. The number of methoxy groups -OCH3 is 1. The standard InChI is InChI=1S/C16H24O5/c1-14(2)5-8-9(6-14)15(3,19-4)7-10-12(18)20-13-16(10,21-13)11(8)17/h8-11,13,17H,5-7H2,1-4H3. The number of ether oxygens (including phenoxy) is 3. The molecule has 0 radical (unpaired) electrons. The third-order valence-electron chi connectivity index (χ3n) is 6.48. The topological polar surface area (TPSA) is 68.3 Å². The Morgan fingerprint density at radius 1 is 1.24 bits per heavy atom. The molecule has 4 fully saturated rings. The van der Waals surface area contributed by atoms with Crippen molar-refractivity contribution in [2.45, 2.75) is 63.6 Å². The summed E-state index contributed by atoms with van der Waals surface area (Å²) in [5.74, 6) is -0.316. The van der Waals surface area contributed by atoms with Crippen LogP contribution in [0.25, 0.3) is 0 Å². The molecule has 5 nitrogen and oxygen atoms in total. The maximum absolute atomic E-state index is 12.1. The van der Waals surface area contributed by atoms with Gasteiger partial charge in [0.15, 0.2) is 5.60 Å². The van der Waals surface area contributed by atoms with Gasteiger partial charge in [-0.2, -0.15) is 0 Å². The lowest BCUT2D eigenvalue weighted by atomic mass is 9.77. The molecule has 2 aliphatic heterocycles. The summed E-state index contributed by atoms with van der Waals surface area (Å²) in [6.45, 7) is 6.54. The second kappa shape index (κ2) is 3.81. The molecule has 7 atom stereocenters. The highest BCUT2D eigenvalue weighted by Gasteiger charge is 2.79. The highest BCUT2D eigenvalue weighted by Crippen LogP contribution is 2.64.